The summed E-state index contributed by atoms with van der Waals surface area (Å²) < 4.78 is 14.5. The van der Waals surface area contributed by atoms with Gasteiger partial charge in [0.15, 0.2) is 0 Å². The highest BCUT2D eigenvalue weighted by molar-refractivity contribution is 5.92. The van der Waals surface area contributed by atoms with E-state index in [-0.39, 0.29) is 11.3 Å². The second kappa shape index (κ2) is 9.44. The van der Waals surface area contributed by atoms with Crippen molar-refractivity contribution < 1.29 is 9.18 Å². The molecule has 8 nitrogen and oxygen atoms in total. The summed E-state index contributed by atoms with van der Waals surface area (Å²) in [7, 11) is 1.49. The Balaban J connectivity index is 1.41. The number of amides is 1. The number of nitrogens with zero attached hydrogens (tertiary/aromatic N) is 4. The van der Waals surface area contributed by atoms with Crippen LogP contribution >= 0.6 is 0 Å². The lowest BCUT2D eigenvalue weighted by molar-refractivity contribution is 0.0957. The standard InChI is InChI=1S/C23H27FN6O2/c1-3-4-17-23(32)28-19-13-15(5-6-16(19)26-17)14-29-9-11-30(12-10-29)20-8-7-18(22(31)25-2)27-21(20)24/h5-8,13H,3-4,9-12,14H2,1-2H3,(H,25,31)(H,28,32). The molecule has 0 aliphatic carbocycles. The number of H-pyrrole nitrogens is 1. The van der Waals surface area contributed by atoms with E-state index in [1.54, 1.807) is 12.1 Å². The Kier molecular flexibility index (Phi) is 6.45. The van der Waals surface area contributed by atoms with Crippen LogP contribution < -0.4 is 15.8 Å². The van der Waals surface area contributed by atoms with Crippen molar-refractivity contribution >= 4 is 22.6 Å². The number of pyridine rings is 1. The molecule has 1 aromatic carbocycles. The van der Waals surface area contributed by atoms with Crippen molar-refractivity contribution in [3.63, 3.8) is 0 Å². The van der Waals surface area contributed by atoms with Crippen LogP contribution in [0.2, 0.25) is 0 Å². The van der Waals surface area contributed by atoms with Crippen molar-refractivity contribution in [1.82, 2.24) is 25.2 Å². The van der Waals surface area contributed by atoms with Gasteiger partial charge in [-0.25, -0.2) is 9.97 Å². The highest BCUT2D eigenvalue weighted by Gasteiger charge is 2.21. The minimum atomic E-state index is -0.632. The molecule has 0 bridgehead atoms. The van der Waals surface area contributed by atoms with E-state index < -0.39 is 11.9 Å². The molecule has 1 amide bonds. The molecule has 1 aliphatic heterocycles. The number of carbonyl (C=O) groups excluding carboxylic acids is 1. The van der Waals surface area contributed by atoms with E-state index in [4.69, 9.17) is 0 Å². The topological polar surface area (TPSA) is 94.2 Å². The molecule has 32 heavy (non-hydrogen) atoms. The van der Waals surface area contributed by atoms with Crippen LogP contribution in [-0.2, 0) is 13.0 Å². The van der Waals surface area contributed by atoms with Crippen LogP contribution in [-0.4, -0.2) is 59.0 Å². The first kappa shape index (κ1) is 21.9. The summed E-state index contributed by atoms with van der Waals surface area (Å²) in [4.78, 5) is 39.3. The normalized spacial score (nSPS) is 14.7. The third kappa shape index (κ3) is 4.62. The van der Waals surface area contributed by atoms with Crippen molar-refractivity contribution in [2.24, 2.45) is 0 Å². The van der Waals surface area contributed by atoms with E-state index in [2.05, 4.69) is 25.2 Å². The third-order valence-electron chi connectivity index (χ3n) is 5.72. The van der Waals surface area contributed by atoms with Gasteiger partial charge in [0.25, 0.3) is 11.5 Å². The number of benzene rings is 1. The molecule has 0 saturated carbocycles. The van der Waals surface area contributed by atoms with Crippen LogP contribution in [0.4, 0.5) is 10.1 Å². The molecule has 0 radical (unpaired) electrons. The Hall–Kier alpha value is -3.33. The van der Waals surface area contributed by atoms with Crippen LogP contribution in [0.15, 0.2) is 35.1 Å². The van der Waals surface area contributed by atoms with Gasteiger partial charge in [-0.15, -0.1) is 0 Å². The molecule has 1 fully saturated rings. The summed E-state index contributed by atoms with van der Waals surface area (Å²) in [6.45, 7) is 5.60. The maximum absolute atomic E-state index is 14.5. The van der Waals surface area contributed by atoms with Crippen molar-refractivity contribution in [1.29, 1.82) is 0 Å². The summed E-state index contributed by atoms with van der Waals surface area (Å²) in [5, 5.41) is 2.45. The fourth-order valence-corrected chi connectivity index (χ4v) is 4.00. The first-order valence-corrected chi connectivity index (χ1v) is 10.9. The molecule has 1 aliphatic rings. The summed E-state index contributed by atoms with van der Waals surface area (Å²) in [6, 6.07) is 9.12. The monoisotopic (exact) mass is 438 g/mol. The second-order valence-corrected chi connectivity index (χ2v) is 7.96. The van der Waals surface area contributed by atoms with Crippen molar-refractivity contribution in [3.8, 4) is 0 Å². The molecule has 9 heteroatoms. The number of piperazine rings is 1. The fourth-order valence-electron chi connectivity index (χ4n) is 4.00. The van der Waals surface area contributed by atoms with E-state index in [9.17, 15) is 14.0 Å². The average molecular weight is 439 g/mol. The largest absolute Gasteiger partial charge is 0.365 e. The van der Waals surface area contributed by atoms with E-state index in [1.807, 2.05) is 30.0 Å². The molecule has 4 rings (SSSR count). The molecule has 0 atom stereocenters. The van der Waals surface area contributed by atoms with Gasteiger partial charge in [-0.1, -0.05) is 19.4 Å². The lowest BCUT2D eigenvalue weighted by Crippen LogP contribution is -2.46. The first-order valence-electron chi connectivity index (χ1n) is 10.9. The fraction of sp³-hybridized carbons (Fsp3) is 0.391. The molecular weight excluding hydrogens is 411 g/mol. The maximum Gasteiger partial charge on any atom is 0.270 e. The van der Waals surface area contributed by atoms with E-state index in [0.717, 1.165) is 42.7 Å². The van der Waals surface area contributed by atoms with Gasteiger partial charge >= 0.3 is 0 Å². The molecule has 3 heterocycles. The predicted molar refractivity (Wildman–Crippen MR) is 121 cm³/mol. The second-order valence-electron chi connectivity index (χ2n) is 7.96. The lowest BCUT2D eigenvalue weighted by Gasteiger charge is -2.36. The molecule has 168 valence electrons. The number of aromatic amines is 1. The van der Waals surface area contributed by atoms with Gasteiger partial charge in [-0.2, -0.15) is 4.39 Å². The van der Waals surface area contributed by atoms with Gasteiger partial charge in [0.05, 0.1) is 16.7 Å². The highest BCUT2D eigenvalue weighted by atomic mass is 19.1. The number of aromatic nitrogens is 3. The first-order chi connectivity index (χ1) is 15.5. The van der Waals surface area contributed by atoms with Gasteiger partial charge in [0, 0.05) is 39.8 Å². The van der Waals surface area contributed by atoms with Crippen LogP contribution in [0.25, 0.3) is 11.0 Å². The number of nitrogens with one attached hydrogen (secondary N) is 2. The van der Waals surface area contributed by atoms with E-state index in [0.29, 0.717) is 30.9 Å². The number of hydrogen-bond donors (Lipinski definition) is 2. The summed E-state index contributed by atoms with van der Waals surface area (Å²) in [6.07, 6.45) is 1.55. The minimum Gasteiger partial charge on any atom is -0.365 e. The number of hydrogen-bond acceptors (Lipinski definition) is 6. The van der Waals surface area contributed by atoms with E-state index >= 15 is 0 Å². The molecule has 1 saturated heterocycles. The van der Waals surface area contributed by atoms with Crippen LogP contribution in [0.5, 0.6) is 0 Å². The highest BCUT2D eigenvalue weighted by Crippen LogP contribution is 2.21. The smallest absolute Gasteiger partial charge is 0.270 e. The van der Waals surface area contributed by atoms with E-state index in [1.165, 1.54) is 7.05 Å². The van der Waals surface area contributed by atoms with Crippen LogP contribution in [0.1, 0.15) is 35.1 Å². The van der Waals surface area contributed by atoms with Gasteiger partial charge in [-0.05, 0) is 36.2 Å². The van der Waals surface area contributed by atoms with Crippen molar-refractivity contribution in [2.45, 2.75) is 26.3 Å². The Morgan fingerprint density at radius 2 is 1.94 bits per heavy atom. The zero-order valence-corrected chi connectivity index (χ0v) is 18.3. The molecule has 2 aromatic heterocycles. The number of anilines is 1. The summed E-state index contributed by atoms with van der Waals surface area (Å²) >= 11 is 0. The summed E-state index contributed by atoms with van der Waals surface area (Å²) in [5.41, 5.74) is 3.57. The van der Waals surface area contributed by atoms with Crippen LogP contribution in [0, 0.1) is 5.95 Å². The van der Waals surface area contributed by atoms with Crippen molar-refractivity contribution in [3.05, 3.63) is 63.6 Å². The third-order valence-corrected chi connectivity index (χ3v) is 5.72. The van der Waals surface area contributed by atoms with Gasteiger partial charge in [0.1, 0.15) is 11.4 Å². The number of rotatable bonds is 6. The molecule has 0 unspecified atom stereocenters. The molecular formula is C23H27FN6O2. The number of fused-ring (bicyclic) bond motifs is 1. The lowest BCUT2D eigenvalue weighted by atomic mass is 10.1. The zero-order chi connectivity index (χ0) is 22.7. The molecule has 0 spiro atoms. The molecule has 3 aromatic rings. The minimum absolute atomic E-state index is 0.0676. The van der Waals surface area contributed by atoms with Gasteiger partial charge in [0.2, 0.25) is 5.95 Å². The number of aryl methyl sites for hydroxylation is 1. The van der Waals surface area contributed by atoms with Crippen LogP contribution in [0.3, 0.4) is 0 Å². The van der Waals surface area contributed by atoms with Crippen molar-refractivity contribution in [2.75, 3.05) is 38.1 Å². The maximum atomic E-state index is 14.5. The average Bonchev–Trinajstić information content (AvgIpc) is 2.80. The molecule has 2 N–H and O–H groups in total. The Morgan fingerprint density at radius 1 is 1.16 bits per heavy atom. The zero-order valence-electron chi connectivity index (χ0n) is 18.3. The Labute approximate surface area is 185 Å². The Morgan fingerprint density at radius 3 is 2.62 bits per heavy atom. The quantitative estimate of drug-likeness (QED) is 0.573. The number of halogens is 1. The SMILES string of the molecule is CCCc1nc2ccc(CN3CCN(c4ccc(C(=O)NC)nc4F)CC3)cc2[nH]c1=O. The van der Waals surface area contributed by atoms with Gasteiger partial charge < -0.3 is 15.2 Å². The Bertz CT molecular complexity index is 1190. The van der Waals surface area contributed by atoms with Gasteiger partial charge in [-0.3, -0.25) is 14.5 Å². The number of carbonyl (C=O) groups is 1. The predicted octanol–water partition coefficient (Wildman–Crippen LogP) is 2.09. The summed E-state index contributed by atoms with van der Waals surface area (Å²) in [5.74, 6) is -1.04.